The van der Waals surface area contributed by atoms with Crippen LogP contribution in [0.15, 0.2) is 59.7 Å². The Labute approximate surface area is 136 Å². The van der Waals surface area contributed by atoms with Crippen LogP contribution < -0.4 is 10.7 Å². The molecule has 0 unspecified atom stereocenters. The second-order valence-electron chi connectivity index (χ2n) is 4.55. The van der Waals surface area contributed by atoms with Gasteiger partial charge in [0.1, 0.15) is 11.0 Å². The molecule has 3 aromatic rings. The molecule has 2 N–H and O–H groups in total. The van der Waals surface area contributed by atoms with Crippen molar-refractivity contribution >= 4 is 46.8 Å². The highest BCUT2D eigenvalue weighted by Gasteiger charge is 2.07. The van der Waals surface area contributed by atoms with Crippen molar-refractivity contribution in [1.82, 2.24) is 14.2 Å². The fraction of sp³-hybridized carbons (Fsp3) is 0. The summed E-state index contributed by atoms with van der Waals surface area (Å²) in [6, 6.07) is 14.8. The summed E-state index contributed by atoms with van der Waals surface area (Å²) in [4.78, 5) is 11.8. The van der Waals surface area contributed by atoms with Crippen LogP contribution in [-0.2, 0) is 0 Å². The van der Waals surface area contributed by atoms with Crippen molar-refractivity contribution in [2.45, 2.75) is 0 Å². The quantitative estimate of drug-likeness (QED) is 0.569. The number of carbonyl (C=O) groups excluding carboxylic acids is 1. The minimum atomic E-state index is -0.435. The van der Waals surface area contributed by atoms with Crippen molar-refractivity contribution in [3.8, 4) is 0 Å². The SMILES string of the molecule is O=C(N/N=C\C=C\c1ccccc1)Nc1cccc2nsnc12. The lowest BCUT2D eigenvalue weighted by Crippen LogP contribution is -2.24. The number of urea groups is 1. The lowest BCUT2D eigenvalue weighted by molar-refractivity contribution is 0.252. The van der Waals surface area contributed by atoms with E-state index in [0.717, 1.165) is 22.8 Å². The number of amides is 2. The van der Waals surface area contributed by atoms with Crippen LogP contribution in [0.3, 0.4) is 0 Å². The summed E-state index contributed by atoms with van der Waals surface area (Å²) in [6.45, 7) is 0. The van der Waals surface area contributed by atoms with Crippen LogP contribution in [0.4, 0.5) is 10.5 Å². The molecule has 0 atom stereocenters. The number of carbonyl (C=O) groups is 1. The van der Waals surface area contributed by atoms with Gasteiger partial charge in [0, 0.05) is 6.21 Å². The monoisotopic (exact) mass is 323 g/mol. The first-order valence-corrected chi connectivity index (χ1v) is 7.59. The third kappa shape index (κ3) is 3.98. The molecule has 0 aliphatic heterocycles. The normalized spacial score (nSPS) is 11.3. The van der Waals surface area contributed by atoms with Gasteiger partial charge < -0.3 is 5.32 Å². The van der Waals surface area contributed by atoms with Gasteiger partial charge in [-0.05, 0) is 23.8 Å². The second-order valence-corrected chi connectivity index (χ2v) is 5.08. The molecule has 0 radical (unpaired) electrons. The predicted octanol–water partition coefficient (Wildman–Crippen LogP) is 3.51. The maximum absolute atomic E-state index is 11.8. The van der Waals surface area contributed by atoms with E-state index in [9.17, 15) is 4.79 Å². The summed E-state index contributed by atoms with van der Waals surface area (Å²) in [5.74, 6) is 0. The molecule has 23 heavy (non-hydrogen) atoms. The van der Waals surface area contributed by atoms with Gasteiger partial charge in [-0.15, -0.1) is 0 Å². The van der Waals surface area contributed by atoms with Crippen molar-refractivity contribution in [2.24, 2.45) is 5.10 Å². The molecule has 0 bridgehead atoms. The molecular formula is C16H13N5OS. The van der Waals surface area contributed by atoms with Gasteiger partial charge in [0.2, 0.25) is 0 Å². The Morgan fingerprint density at radius 2 is 1.96 bits per heavy atom. The van der Waals surface area contributed by atoms with E-state index in [-0.39, 0.29) is 0 Å². The topological polar surface area (TPSA) is 79.3 Å². The molecule has 1 aromatic heterocycles. The van der Waals surface area contributed by atoms with Gasteiger partial charge in [-0.1, -0.05) is 42.5 Å². The number of anilines is 1. The Morgan fingerprint density at radius 3 is 2.83 bits per heavy atom. The van der Waals surface area contributed by atoms with E-state index in [2.05, 4.69) is 24.6 Å². The minimum Gasteiger partial charge on any atom is -0.304 e. The molecule has 0 saturated heterocycles. The van der Waals surface area contributed by atoms with Crippen LogP contribution in [0.5, 0.6) is 0 Å². The molecule has 0 aliphatic carbocycles. The number of nitrogens with one attached hydrogen (secondary N) is 2. The lowest BCUT2D eigenvalue weighted by Gasteiger charge is -2.03. The Hall–Kier alpha value is -3.06. The summed E-state index contributed by atoms with van der Waals surface area (Å²) < 4.78 is 8.28. The number of nitrogens with zero attached hydrogens (tertiary/aromatic N) is 3. The summed E-state index contributed by atoms with van der Waals surface area (Å²) in [6.07, 6.45) is 5.16. The first-order chi connectivity index (χ1) is 11.3. The Bertz CT molecular complexity index is 857. The van der Waals surface area contributed by atoms with Crippen LogP contribution >= 0.6 is 11.7 Å². The molecule has 2 aromatic carbocycles. The number of hydrogen-bond acceptors (Lipinski definition) is 5. The number of fused-ring (bicyclic) bond motifs is 1. The molecule has 0 saturated carbocycles. The molecule has 0 aliphatic rings. The van der Waals surface area contributed by atoms with Crippen LogP contribution in [0.2, 0.25) is 0 Å². The van der Waals surface area contributed by atoms with Gasteiger partial charge in [0.05, 0.1) is 17.4 Å². The average Bonchev–Trinajstić information content (AvgIpc) is 3.05. The zero-order valence-corrected chi connectivity index (χ0v) is 12.8. The number of aromatic nitrogens is 2. The molecular weight excluding hydrogens is 310 g/mol. The van der Waals surface area contributed by atoms with Crippen LogP contribution in [0, 0.1) is 0 Å². The molecule has 3 rings (SSSR count). The first-order valence-electron chi connectivity index (χ1n) is 6.86. The highest BCUT2D eigenvalue weighted by atomic mass is 32.1. The third-order valence-corrected chi connectivity index (χ3v) is 3.49. The second kappa shape index (κ2) is 7.28. The van der Waals surface area contributed by atoms with Crippen LogP contribution in [0.25, 0.3) is 17.1 Å². The fourth-order valence-electron chi connectivity index (χ4n) is 1.91. The van der Waals surface area contributed by atoms with Gasteiger partial charge >= 0.3 is 6.03 Å². The van der Waals surface area contributed by atoms with Crippen molar-refractivity contribution in [1.29, 1.82) is 0 Å². The predicted molar refractivity (Wildman–Crippen MR) is 93.5 cm³/mol. The maximum Gasteiger partial charge on any atom is 0.339 e. The summed E-state index contributed by atoms with van der Waals surface area (Å²) in [7, 11) is 0. The van der Waals surface area contributed by atoms with E-state index in [0.29, 0.717) is 11.2 Å². The molecule has 6 nitrogen and oxygen atoms in total. The number of benzene rings is 2. The van der Waals surface area contributed by atoms with Gasteiger partial charge in [-0.2, -0.15) is 13.8 Å². The highest BCUT2D eigenvalue weighted by Crippen LogP contribution is 2.20. The van der Waals surface area contributed by atoms with E-state index in [1.165, 1.54) is 6.21 Å². The summed E-state index contributed by atoms with van der Waals surface area (Å²) in [5.41, 5.74) is 5.48. The standard InChI is InChI=1S/C16H13N5OS/c22-16(18-13-9-4-10-14-15(13)21-23-20-14)19-17-11-5-8-12-6-2-1-3-7-12/h1-11H,(H2,18,19,22)/b8-5+,17-11-. The van der Waals surface area contributed by atoms with Crippen LogP contribution in [-0.4, -0.2) is 21.0 Å². The lowest BCUT2D eigenvalue weighted by atomic mass is 10.2. The van der Waals surface area contributed by atoms with E-state index >= 15 is 0 Å². The molecule has 1 heterocycles. The van der Waals surface area contributed by atoms with Crippen molar-refractivity contribution in [2.75, 3.05) is 5.32 Å². The third-order valence-electron chi connectivity index (χ3n) is 2.95. The van der Waals surface area contributed by atoms with E-state index in [1.807, 2.05) is 48.5 Å². The molecule has 0 spiro atoms. The van der Waals surface area contributed by atoms with Crippen molar-refractivity contribution in [3.05, 3.63) is 60.2 Å². The van der Waals surface area contributed by atoms with Gasteiger partial charge in [-0.3, -0.25) is 0 Å². The molecule has 0 fully saturated rings. The Kier molecular flexibility index (Phi) is 4.70. The van der Waals surface area contributed by atoms with Gasteiger partial charge in [0.15, 0.2) is 0 Å². The molecule has 114 valence electrons. The minimum absolute atomic E-state index is 0.435. The summed E-state index contributed by atoms with van der Waals surface area (Å²) in [5, 5.41) is 6.54. The van der Waals surface area contributed by atoms with E-state index in [4.69, 9.17) is 0 Å². The van der Waals surface area contributed by atoms with Crippen molar-refractivity contribution in [3.63, 3.8) is 0 Å². The number of hydrogen-bond donors (Lipinski definition) is 2. The van der Waals surface area contributed by atoms with Crippen molar-refractivity contribution < 1.29 is 4.79 Å². The zero-order valence-electron chi connectivity index (χ0n) is 12.0. The van der Waals surface area contributed by atoms with E-state index in [1.54, 1.807) is 12.1 Å². The number of rotatable bonds is 4. The molecule has 2 amide bonds. The first kappa shape index (κ1) is 14.9. The van der Waals surface area contributed by atoms with E-state index < -0.39 is 6.03 Å². The van der Waals surface area contributed by atoms with Gasteiger partial charge in [-0.25, -0.2) is 10.2 Å². The van der Waals surface area contributed by atoms with Crippen LogP contribution in [0.1, 0.15) is 5.56 Å². The summed E-state index contributed by atoms with van der Waals surface area (Å²) >= 11 is 1.11. The maximum atomic E-state index is 11.8. The smallest absolute Gasteiger partial charge is 0.304 e. The highest BCUT2D eigenvalue weighted by molar-refractivity contribution is 7.00. The number of hydrazone groups is 1. The Balaban J connectivity index is 1.54. The molecule has 7 heteroatoms. The Morgan fingerprint density at radius 1 is 1.09 bits per heavy atom. The average molecular weight is 323 g/mol. The zero-order chi connectivity index (χ0) is 15.9. The largest absolute Gasteiger partial charge is 0.339 e. The number of allylic oxidation sites excluding steroid dienone is 1. The fourth-order valence-corrected chi connectivity index (χ4v) is 2.46. The van der Waals surface area contributed by atoms with Gasteiger partial charge in [0.25, 0.3) is 0 Å².